The van der Waals surface area contributed by atoms with Crippen molar-refractivity contribution >= 4 is 11.9 Å². The molecule has 1 aromatic carbocycles. The Morgan fingerprint density at radius 1 is 1.25 bits per heavy atom. The van der Waals surface area contributed by atoms with Crippen LogP contribution in [0, 0.1) is 6.92 Å². The van der Waals surface area contributed by atoms with Crippen molar-refractivity contribution in [2.45, 2.75) is 33.1 Å². The molecule has 4 heteroatoms. The lowest BCUT2D eigenvalue weighted by Gasteiger charge is -2.16. The highest BCUT2D eigenvalue weighted by Gasteiger charge is 2.11. The average Bonchev–Trinajstić information content (AvgIpc) is 2.42. The maximum absolute atomic E-state index is 11.9. The Morgan fingerprint density at radius 3 is 2.65 bits per heavy atom. The van der Waals surface area contributed by atoms with Gasteiger partial charge in [-0.15, -0.1) is 0 Å². The highest BCUT2D eigenvalue weighted by atomic mass is 16.5. The van der Waals surface area contributed by atoms with Crippen molar-refractivity contribution in [2.75, 3.05) is 20.2 Å². The third kappa shape index (κ3) is 5.87. The van der Waals surface area contributed by atoms with Crippen LogP contribution in [0.15, 0.2) is 24.3 Å². The minimum atomic E-state index is -0.258. The third-order valence-corrected chi connectivity index (χ3v) is 3.09. The van der Waals surface area contributed by atoms with E-state index in [2.05, 4.69) is 6.07 Å². The standard InChI is InChI=1S/C16H23NO3/c1-4-20-16(19)10-11-17(3)15(18)9-8-14-7-5-6-13(2)12-14/h5-7,12H,4,8-11H2,1-3H3. The molecule has 1 amide bonds. The molecule has 0 bridgehead atoms. The second-order valence-electron chi connectivity index (χ2n) is 4.86. The van der Waals surface area contributed by atoms with Gasteiger partial charge in [-0.3, -0.25) is 9.59 Å². The number of hydrogen-bond donors (Lipinski definition) is 0. The summed E-state index contributed by atoms with van der Waals surface area (Å²) in [7, 11) is 1.72. The van der Waals surface area contributed by atoms with Gasteiger partial charge in [0, 0.05) is 20.0 Å². The van der Waals surface area contributed by atoms with Crippen molar-refractivity contribution in [2.24, 2.45) is 0 Å². The molecular formula is C16H23NO3. The lowest BCUT2D eigenvalue weighted by molar-refractivity contribution is -0.143. The van der Waals surface area contributed by atoms with Crippen LogP contribution in [0.1, 0.15) is 30.9 Å². The number of esters is 1. The normalized spacial score (nSPS) is 10.2. The van der Waals surface area contributed by atoms with Gasteiger partial charge >= 0.3 is 5.97 Å². The van der Waals surface area contributed by atoms with E-state index in [1.165, 1.54) is 5.56 Å². The van der Waals surface area contributed by atoms with Crippen LogP contribution in [0.3, 0.4) is 0 Å². The molecule has 0 radical (unpaired) electrons. The number of rotatable bonds is 7. The van der Waals surface area contributed by atoms with Gasteiger partial charge in [-0.2, -0.15) is 0 Å². The number of carbonyl (C=O) groups excluding carboxylic acids is 2. The molecule has 4 nitrogen and oxygen atoms in total. The molecule has 0 fully saturated rings. The predicted octanol–water partition coefficient (Wildman–Crippen LogP) is 2.34. The molecule has 110 valence electrons. The van der Waals surface area contributed by atoms with Gasteiger partial charge in [-0.25, -0.2) is 0 Å². The topological polar surface area (TPSA) is 46.6 Å². The van der Waals surface area contributed by atoms with E-state index in [4.69, 9.17) is 4.74 Å². The number of nitrogens with zero attached hydrogens (tertiary/aromatic N) is 1. The molecule has 0 aliphatic rings. The van der Waals surface area contributed by atoms with Crippen molar-refractivity contribution in [3.8, 4) is 0 Å². The summed E-state index contributed by atoms with van der Waals surface area (Å²) < 4.78 is 4.84. The summed E-state index contributed by atoms with van der Waals surface area (Å²) in [6.45, 7) is 4.60. The largest absolute Gasteiger partial charge is 0.466 e. The molecule has 0 atom stereocenters. The summed E-state index contributed by atoms with van der Waals surface area (Å²) in [5.74, 6) is -0.207. The van der Waals surface area contributed by atoms with Gasteiger partial charge < -0.3 is 9.64 Å². The van der Waals surface area contributed by atoms with E-state index in [1.54, 1.807) is 18.9 Å². The first-order chi connectivity index (χ1) is 9.52. The Morgan fingerprint density at radius 2 is 2.00 bits per heavy atom. The Labute approximate surface area is 120 Å². The van der Waals surface area contributed by atoms with E-state index >= 15 is 0 Å². The number of ether oxygens (including phenoxy) is 1. The fourth-order valence-corrected chi connectivity index (χ4v) is 1.93. The van der Waals surface area contributed by atoms with Crippen LogP contribution in [-0.4, -0.2) is 37.0 Å². The van der Waals surface area contributed by atoms with Crippen LogP contribution in [-0.2, 0) is 20.7 Å². The van der Waals surface area contributed by atoms with Crippen LogP contribution in [0.5, 0.6) is 0 Å². The second kappa shape index (κ2) is 8.35. The Kier molecular flexibility index (Phi) is 6.77. The molecule has 1 aromatic rings. The minimum Gasteiger partial charge on any atom is -0.466 e. The van der Waals surface area contributed by atoms with Gasteiger partial charge in [0.25, 0.3) is 0 Å². The quantitative estimate of drug-likeness (QED) is 0.719. The molecule has 0 N–H and O–H groups in total. The molecular weight excluding hydrogens is 254 g/mol. The van der Waals surface area contributed by atoms with Crippen LogP contribution in [0.25, 0.3) is 0 Å². The number of carbonyl (C=O) groups is 2. The van der Waals surface area contributed by atoms with Crippen LogP contribution < -0.4 is 0 Å². The first-order valence-electron chi connectivity index (χ1n) is 6.98. The van der Waals surface area contributed by atoms with Gasteiger partial charge in [0.05, 0.1) is 13.0 Å². The number of hydrogen-bond acceptors (Lipinski definition) is 3. The maximum Gasteiger partial charge on any atom is 0.307 e. The van der Waals surface area contributed by atoms with E-state index in [-0.39, 0.29) is 18.3 Å². The molecule has 0 unspecified atom stereocenters. The van der Waals surface area contributed by atoms with Gasteiger partial charge in [0.1, 0.15) is 0 Å². The molecule has 0 aromatic heterocycles. The fourth-order valence-electron chi connectivity index (χ4n) is 1.93. The summed E-state index contributed by atoms with van der Waals surface area (Å²) >= 11 is 0. The van der Waals surface area contributed by atoms with E-state index in [1.807, 2.05) is 25.1 Å². The zero-order chi connectivity index (χ0) is 15.0. The molecule has 0 spiro atoms. The summed E-state index contributed by atoms with van der Waals surface area (Å²) in [5, 5.41) is 0. The predicted molar refractivity (Wildman–Crippen MR) is 78.4 cm³/mol. The first kappa shape index (κ1) is 16.2. The van der Waals surface area contributed by atoms with E-state index in [0.29, 0.717) is 19.6 Å². The average molecular weight is 277 g/mol. The second-order valence-corrected chi connectivity index (χ2v) is 4.86. The van der Waals surface area contributed by atoms with Gasteiger partial charge in [-0.05, 0) is 25.8 Å². The van der Waals surface area contributed by atoms with Crippen molar-refractivity contribution in [3.63, 3.8) is 0 Å². The Hall–Kier alpha value is -1.84. The lowest BCUT2D eigenvalue weighted by atomic mass is 10.1. The molecule has 0 saturated heterocycles. The summed E-state index contributed by atoms with van der Waals surface area (Å²) in [6, 6.07) is 8.15. The van der Waals surface area contributed by atoms with Gasteiger partial charge in [-0.1, -0.05) is 29.8 Å². The van der Waals surface area contributed by atoms with Gasteiger partial charge in [0.2, 0.25) is 5.91 Å². The summed E-state index contributed by atoms with van der Waals surface area (Å²) in [4.78, 5) is 24.8. The van der Waals surface area contributed by atoms with Crippen LogP contribution in [0.2, 0.25) is 0 Å². The molecule has 0 saturated carbocycles. The van der Waals surface area contributed by atoms with Crippen molar-refractivity contribution in [1.82, 2.24) is 4.90 Å². The monoisotopic (exact) mass is 277 g/mol. The molecule has 0 heterocycles. The minimum absolute atomic E-state index is 0.0517. The third-order valence-electron chi connectivity index (χ3n) is 3.09. The summed E-state index contributed by atoms with van der Waals surface area (Å²) in [5.41, 5.74) is 2.36. The highest BCUT2D eigenvalue weighted by Crippen LogP contribution is 2.07. The molecule has 0 aliphatic heterocycles. The van der Waals surface area contributed by atoms with Crippen molar-refractivity contribution in [3.05, 3.63) is 35.4 Å². The molecule has 0 aliphatic carbocycles. The fraction of sp³-hybridized carbons (Fsp3) is 0.500. The Balaban J connectivity index is 2.33. The maximum atomic E-state index is 11.9. The van der Waals surface area contributed by atoms with Crippen molar-refractivity contribution in [1.29, 1.82) is 0 Å². The number of benzene rings is 1. The SMILES string of the molecule is CCOC(=O)CCN(C)C(=O)CCc1cccc(C)c1. The molecule has 1 rings (SSSR count). The van der Waals surface area contributed by atoms with E-state index in [9.17, 15) is 9.59 Å². The van der Waals surface area contributed by atoms with Crippen LogP contribution >= 0.6 is 0 Å². The van der Waals surface area contributed by atoms with Crippen LogP contribution in [0.4, 0.5) is 0 Å². The van der Waals surface area contributed by atoms with E-state index < -0.39 is 0 Å². The molecule has 20 heavy (non-hydrogen) atoms. The lowest BCUT2D eigenvalue weighted by Crippen LogP contribution is -2.29. The smallest absolute Gasteiger partial charge is 0.307 e. The van der Waals surface area contributed by atoms with Gasteiger partial charge in [0.15, 0.2) is 0 Å². The Bertz CT molecular complexity index is 457. The zero-order valence-electron chi connectivity index (χ0n) is 12.5. The number of amides is 1. The van der Waals surface area contributed by atoms with Crippen molar-refractivity contribution < 1.29 is 14.3 Å². The highest BCUT2D eigenvalue weighted by molar-refractivity contribution is 5.77. The zero-order valence-corrected chi connectivity index (χ0v) is 12.5. The van der Waals surface area contributed by atoms with E-state index in [0.717, 1.165) is 12.0 Å². The first-order valence-corrected chi connectivity index (χ1v) is 6.98. The number of aryl methyl sites for hydroxylation is 2. The summed E-state index contributed by atoms with van der Waals surface area (Å²) in [6.07, 6.45) is 1.44.